The second-order valence-corrected chi connectivity index (χ2v) is 25.5. The maximum absolute atomic E-state index is 12.4. The molecule has 2 saturated carbocycles. The Morgan fingerprint density at radius 1 is 0.579 bits per heavy atom. The minimum Gasteiger partial charge on any atom is -0.746 e. The van der Waals surface area contributed by atoms with E-state index >= 15 is 0 Å². The zero-order valence-corrected chi connectivity index (χ0v) is 49.1. The molecule has 76 heavy (non-hydrogen) atoms. The van der Waals surface area contributed by atoms with Crippen LogP contribution in [0, 0.1) is 23.7 Å². The smallest absolute Gasteiger partial charge is 0.322 e. The number of rotatable bonds is 51. The summed E-state index contributed by atoms with van der Waals surface area (Å²) < 4.78 is 28.9. The standard InChI is InChI=1S/C62H112N5O8P/c1-2-3-4-5-6-7-8-9-10-12-15-18-21-26-31-36-41-51-46-53(51)43-38-33-28-24-25-29-34-39-44-54-47-52(54)42-37-32-27-22-19-16-13-11-14-17-20-23-30-35-40-45-56(68)75-76(71,72)73-48-55-58(69)59(70)62(74-55)67-50-66-57-60(63)64-49-65-61(57)67/h49-55,58-59,62,69-70H,2-48H2,1H3,(H,71,72)(H2,63,64,65)/p-1/t51?,52?,53?,54?,55-,58-,59-,62-/m1/s1. The van der Waals surface area contributed by atoms with Gasteiger partial charge in [0.1, 0.15) is 30.2 Å². The van der Waals surface area contributed by atoms with Crippen LogP contribution < -0.4 is 10.6 Å². The summed E-state index contributed by atoms with van der Waals surface area (Å²) in [7, 11) is -5.01. The van der Waals surface area contributed by atoms with Crippen LogP contribution in [-0.2, 0) is 23.1 Å². The summed E-state index contributed by atoms with van der Waals surface area (Å²) in [6.45, 7) is 1.65. The summed E-state index contributed by atoms with van der Waals surface area (Å²) in [5.74, 6) is 3.57. The lowest BCUT2D eigenvalue weighted by molar-refractivity contribution is -0.227. The van der Waals surface area contributed by atoms with Gasteiger partial charge in [0.15, 0.2) is 17.7 Å². The van der Waals surface area contributed by atoms with E-state index in [-0.39, 0.29) is 23.4 Å². The molecule has 3 aliphatic rings. The highest BCUT2D eigenvalue weighted by Crippen LogP contribution is 2.47. The number of phosphoric ester groups is 1. The fourth-order valence-corrected chi connectivity index (χ4v) is 13.1. The van der Waals surface area contributed by atoms with Crippen molar-refractivity contribution in [1.29, 1.82) is 0 Å². The zero-order chi connectivity index (χ0) is 53.9. The van der Waals surface area contributed by atoms with Gasteiger partial charge in [0.05, 0.1) is 12.9 Å². The fourth-order valence-electron chi connectivity index (χ4n) is 12.4. The molecule has 0 spiro atoms. The minimum atomic E-state index is -5.01. The summed E-state index contributed by atoms with van der Waals surface area (Å²) in [5, 5.41) is 21.1. The Morgan fingerprint density at radius 2 is 0.947 bits per heavy atom. The molecule has 0 amide bonds. The molecule has 0 bridgehead atoms. The van der Waals surface area contributed by atoms with Crippen LogP contribution in [-0.4, -0.2) is 60.6 Å². The van der Waals surface area contributed by atoms with E-state index in [1.54, 1.807) is 6.42 Å². The second kappa shape index (κ2) is 39.3. The lowest BCUT2D eigenvalue weighted by atomic mass is 10.0. The second-order valence-electron chi connectivity index (χ2n) is 24.2. The van der Waals surface area contributed by atoms with Crippen molar-refractivity contribution < 1.29 is 38.3 Å². The van der Waals surface area contributed by atoms with E-state index in [0.717, 1.165) is 42.9 Å². The van der Waals surface area contributed by atoms with Gasteiger partial charge in [-0.25, -0.2) is 15.0 Å². The van der Waals surface area contributed by atoms with Crippen molar-refractivity contribution in [3.63, 3.8) is 0 Å². The molecule has 13 nitrogen and oxygen atoms in total. The summed E-state index contributed by atoms with van der Waals surface area (Å²) in [6, 6.07) is 0. The molecule has 3 fully saturated rings. The van der Waals surface area contributed by atoms with Crippen molar-refractivity contribution in [3.8, 4) is 0 Å². The zero-order valence-electron chi connectivity index (χ0n) is 48.2. The number of aliphatic hydroxyl groups is 2. The SMILES string of the molecule is CCCCCCCCCCCCCCCCCCC1CC1CCCCCCCCCCC1CC1CCCCCCCCCCCCCCCCCC(=O)OP(=O)([O-])OC[C@H]1O[C@@H](n2cnc3c(N)ncnc32)[C@H](O)[C@@H]1O. The predicted octanol–water partition coefficient (Wildman–Crippen LogP) is 16.5. The lowest BCUT2D eigenvalue weighted by Crippen LogP contribution is -2.34. The van der Waals surface area contributed by atoms with E-state index in [2.05, 4.69) is 26.4 Å². The number of ether oxygens (including phenoxy) is 1. The number of aromatic nitrogens is 4. The molecule has 0 radical (unpaired) electrons. The summed E-state index contributed by atoms with van der Waals surface area (Å²) in [5.41, 5.74) is 6.39. The first-order valence-electron chi connectivity index (χ1n) is 32.3. The third-order valence-corrected chi connectivity index (χ3v) is 18.4. The Labute approximate surface area is 462 Å². The quantitative estimate of drug-likeness (QED) is 0.0420. The molecule has 5 unspecified atom stereocenters. The predicted molar refractivity (Wildman–Crippen MR) is 307 cm³/mol. The number of hydrogen-bond donors (Lipinski definition) is 3. The third kappa shape index (κ3) is 27.3. The molecule has 5 rings (SSSR count). The van der Waals surface area contributed by atoms with Gasteiger partial charge in [-0.2, -0.15) is 0 Å². The van der Waals surface area contributed by atoms with Gasteiger partial charge >= 0.3 is 13.8 Å². The number of carbonyl (C=O) groups is 1. The number of nitrogen functional groups attached to an aromatic ring is 1. The molecule has 14 heteroatoms. The first-order chi connectivity index (χ1) is 37.2. The molecule has 2 aromatic rings. The molecule has 1 saturated heterocycles. The van der Waals surface area contributed by atoms with Crippen molar-refractivity contribution in [2.75, 3.05) is 12.3 Å². The van der Waals surface area contributed by atoms with Crippen molar-refractivity contribution in [2.45, 2.75) is 327 Å². The van der Waals surface area contributed by atoms with E-state index in [9.17, 15) is 24.5 Å². The van der Waals surface area contributed by atoms with Gasteiger partial charge in [-0.05, 0) is 42.9 Å². The molecule has 9 atom stereocenters. The Morgan fingerprint density at radius 3 is 1.34 bits per heavy atom. The maximum Gasteiger partial charge on any atom is 0.322 e. The van der Waals surface area contributed by atoms with Gasteiger partial charge in [0.2, 0.25) is 0 Å². The molecule has 4 N–H and O–H groups in total. The molecule has 1 aliphatic heterocycles. The first-order valence-corrected chi connectivity index (χ1v) is 33.8. The third-order valence-electron chi connectivity index (χ3n) is 17.5. The normalized spacial score (nSPS) is 22.9. The Bertz CT molecular complexity index is 1840. The molecule has 0 aromatic carbocycles. The van der Waals surface area contributed by atoms with Gasteiger partial charge in [-0.15, -0.1) is 0 Å². The van der Waals surface area contributed by atoms with Crippen LogP contribution in [0.25, 0.3) is 11.2 Å². The maximum atomic E-state index is 12.4. The van der Waals surface area contributed by atoms with Crippen LogP contribution in [0.2, 0.25) is 0 Å². The molecular weight excluding hydrogens is 974 g/mol. The van der Waals surface area contributed by atoms with Crippen molar-refractivity contribution in [3.05, 3.63) is 12.7 Å². The number of aliphatic hydroxyl groups excluding tert-OH is 2. The van der Waals surface area contributed by atoms with E-state index in [1.807, 2.05) is 0 Å². The van der Waals surface area contributed by atoms with Gasteiger partial charge < -0.3 is 34.6 Å². The van der Waals surface area contributed by atoms with Gasteiger partial charge in [0.25, 0.3) is 0 Å². The molecule has 2 aliphatic carbocycles. The minimum absolute atomic E-state index is 0.0290. The Hall–Kier alpha value is -2.15. The molecule has 2 aromatic heterocycles. The van der Waals surface area contributed by atoms with Crippen molar-refractivity contribution in [1.82, 2.24) is 19.5 Å². The van der Waals surface area contributed by atoms with Crippen molar-refractivity contribution >= 4 is 30.8 Å². The number of nitrogens with zero attached hydrogens (tertiary/aromatic N) is 4. The average Bonchev–Trinajstić information content (AvgIpc) is 4.28. The lowest BCUT2D eigenvalue weighted by Gasteiger charge is -2.24. The van der Waals surface area contributed by atoms with E-state index in [0.29, 0.717) is 6.42 Å². The summed E-state index contributed by atoms with van der Waals surface area (Å²) in [4.78, 5) is 36.7. The first kappa shape index (κ1) is 64.7. The number of nitrogens with two attached hydrogens (primary N) is 1. The largest absolute Gasteiger partial charge is 0.746 e. The van der Waals surface area contributed by atoms with Crippen LogP contribution in [0.1, 0.15) is 309 Å². The average molecular weight is 1090 g/mol. The number of anilines is 1. The van der Waals surface area contributed by atoms with E-state index in [4.69, 9.17) is 15.0 Å². The van der Waals surface area contributed by atoms with Crippen LogP contribution in [0.15, 0.2) is 12.7 Å². The highest BCUT2D eigenvalue weighted by Gasteiger charge is 2.45. The number of hydrogen-bond acceptors (Lipinski definition) is 12. The number of phosphoric acid groups is 1. The van der Waals surface area contributed by atoms with Crippen LogP contribution in [0.5, 0.6) is 0 Å². The van der Waals surface area contributed by atoms with Gasteiger partial charge in [0, 0.05) is 6.42 Å². The van der Waals surface area contributed by atoms with Crippen LogP contribution in [0.4, 0.5) is 5.82 Å². The van der Waals surface area contributed by atoms with E-state index < -0.39 is 44.9 Å². The topological polar surface area (TPSA) is 195 Å². The highest BCUT2D eigenvalue weighted by atomic mass is 31.2. The number of unbranched alkanes of at least 4 members (excludes halogenated alkanes) is 36. The summed E-state index contributed by atoms with van der Waals surface area (Å²) >= 11 is 0. The Balaban J connectivity index is 0.680. The number of fused-ring (bicyclic) bond motifs is 1. The fraction of sp³-hybridized carbons (Fsp3) is 0.903. The van der Waals surface area contributed by atoms with Crippen LogP contribution >= 0.6 is 7.82 Å². The number of carbonyl (C=O) groups excluding carboxylic acids is 1. The van der Waals surface area contributed by atoms with Crippen molar-refractivity contribution in [2.24, 2.45) is 23.7 Å². The number of imidazole rings is 1. The van der Waals surface area contributed by atoms with E-state index in [1.165, 1.54) is 274 Å². The molecule has 3 heterocycles. The molecular formula is C62H111N5O8P-. The monoisotopic (exact) mass is 1080 g/mol. The highest BCUT2D eigenvalue weighted by molar-refractivity contribution is 7.46. The summed E-state index contributed by atoms with van der Waals surface area (Å²) in [6.07, 6.45) is 59.9. The van der Waals surface area contributed by atoms with Gasteiger partial charge in [-0.1, -0.05) is 277 Å². The Kier molecular flexibility index (Phi) is 33.4. The van der Waals surface area contributed by atoms with Gasteiger partial charge in [-0.3, -0.25) is 13.9 Å². The van der Waals surface area contributed by atoms with Crippen LogP contribution in [0.3, 0.4) is 0 Å². The molecule has 438 valence electrons.